The summed E-state index contributed by atoms with van der Waals surface area (Å²) >= 11 is 1.38. The number of carboxylic acid groups (broad SMARTS) is 1. The molecule has 1 heterocycles. The maximum absolute atomic E-state index is 11.5. The molecule has 2 rings (SSSR count). The van der Waals surface area contributed by atoms with E-state index in [1.54, 1.807) is 0 Å². The normalized spacial score (nSPS) is 10.4. The van der Waals surface area contributed by atoms with E-state index in [0.717, 1.165) is 10.2 Å². The van der Waals surface area contributed by atoms with Gasteiger partial charge < -0.3 is 10.4 Å². The van der Waals surface area contributed by atoms with Crippen molar-refractivity contribution in [3.05, 3.63) is 24.3 Å². The summed E-state index contributed by atoms with van der Waals surface area (Å²) in [6.07, 6.45) is 0. The minimum Gasteiger partial charge on any atom is -0.480 e. The molecule has 0 aliphatic rings. The Balaban J connectivity index is 1.92. The number of thiazole rings is 1. The minimum atomic E-state index is -0.997. The van der Waals surface area contributed by atoms with E-state index in [9.17, 15) is 9.59 Å². The van der Waals surface area contributed by atoms with Gasteiger partial charge in [0.15, 0.2) is 5.13 Å². The van der Waals surface area contributed by atoms with Crippen LogP contribution in [-0.4, -0.2) is 35.1 Å². The van der Waals surface area contributed by atoms with Crippen LogP contribution in [0, 0.1) is 0 Å². The number of fused-ring (bicyclic) bond motifs is 1. The first-order valence-corrected chi connectivity index (χ1v) is 6.05. The molecule has 0 radical (unpaired) electrons. The van der Waals surface area contributed by atoms with E-state index in [-0.39, 0.29) is 19.0 Å². The second-order valence-electron chi connectivity index (χ2n) is 3.53. The molecule has 1 amide bonds. The van der Waals surface area contributed by atoms with Crippen molar-refractivity contribution in [3.63, 3.8) is 0 Å². The summed E-state index contributed by atoms with van der Waals surface area (Å²) in [5.74, 6) is -1.31. The Morgan fingerprint density at radius 2 is 2.06 bits per heavy atom. The van der Waals surface area contributed by atoms with Crippen molar-refractivity contribution in [2.75, 3.05) is 18.4 Å². The second-order valence-corrected chi connectivity index (χ2v) is 4.56. The van der Waals surface area contributed by atoms with Gasteiger partial charge in [-0.05, 0) is 12.1 Å². The molecule has 0 atom stereocenters. The van der Waals surface area contributed by atoms with Crippen molar-refractivity contribution in [3.8, 4) is 0 Å². The van der Waals surface area contributed by atoms with Crippen LogP contribution in [0.4, 0.5) is 5.13 Å². The summed E-state index contributed by atoms with van der Waals surface area (Å²) in [7, 11) is 0. The quantitative estimate of drug-likeness (QED) is 0.747. The third kappa shape index (κ3) is 3.25. The third-order valence-corrected chi connectivity index (χ3v) is 3.05. The highest BCUT2D eigenvalue weighted by molar-refractivity contribution is 7.22. The maximum atomic E-state index is 11.5. The topological polar surface area (TPSA) is 91.3 Å². The lowest BCUT2D eigenvalue weighted by molar-refractivity contribution is -0.135. The molecule has 0 aliphatic heterocycles. The molecule has 94 valence electrons. The summed E-state index contributed by atoms with van der Waals surface area (Å²) in [6, 6.07) is 7.57. The molecule has 0 spiro atoms. The smallest absolute Gasteiger partial charge is 0.317 e. The summed E-state index contributed by atoms with van der Waals surface area (Å²) < 4.78 is 0.992. The lowest BCUT2D eigenvalue weighted by Crippen LogP contribution is -2.31. The van der Waals surface area contributed by atoms with E-state index in [4.69, 9.17) is 5.11 Å². The molecule has 3 N–H and O–H groups in total. The van der Waals surface area contributed by atoms with Crippen molar-refractivity contribution >= 4 is 38.6 Å². The first-order chi connectivity index (χ1) is 8.65. The zero-order valence-corrected chi connectivity index (χ0v) is 10.2. The highest BCUT2D eigenvalue weighted by Gasteiger charge is 2.07. The van der Waals surface area contributed by atoms with Gasteiger partial charge in [-0.15, -0.1) is 0 Å². The van der Waals surface area contributed by atoms with Crippen molar-refractivity contribution in [1.29, 1.82) is 0 Å². The van der Waals surface area contributed by atoms with Crippen molar-refractivity contribution in [1.82, 2.24) is 10.3 Å². The van der Waals surface area contributed by atoms with Gasteiger partial charge in [0.25, 0.3) is 0 Å². The number of hydrogen-bond acceptors (Lipinski definition) is 5. The van der Waals surface area contributed by atoms with Crippen LogP contribution in [-0.2, 0) is 9.59 Å². The van der Waals surface area contributed by atoms with Crippen LogP contribution in [0.5, 0.6) is 0 Å². The Labute approximate surface area is 107 Å². The largest absolute Gasteiger partial charge is 0.480 e. The molecule has 0 aliphatic carbocycles. The number of nitrogens with zero attached hydrogens (tertiary/aromatic N) is 1. The predicted octanol–water partition coefficient (Wildman–Crippen LogP) is 0.909. The molecule has 0 fully saturated rings. The summed E-state index contributed by atoms with van der Waals surface area (Å²) in [4.78, 5) is 26.0. The van der Waals surface area contributed by atoms with Gasteiger partial charge in [0.1, 0.15) is 0 Å². The van der Waals surface area contributed by atoms with Crippen LogP contribution < -0.4 is 10.6 Å². The predicted molar refractivity (Wildman–Crippen MR) is 68.8 cm³/mol. The van der Waals surface area contributed by atoms with E-state index in [1.165, 1.54) is 11.3 Å². The van der Waals surface area contributed by atoms with E-state index in [1.807, 2.05) is 24.3 Å². The molecule has 0 bridgehead atoms. The number of amides is 1. The van der Waals surface area contributed by atoms with Gasteiger partial charge in [-0.1, -0.05) is 23.5 Å². The Morgan fingerprint density at radius 1 is 1.28 bits per heavy atom. The number of para-hydroxylation sites is 1. The van der Waals surface area contributed by atoms with E-state index >= 15 is 0 Å². The molecular formula is C11H11N3O3S. The Hall–Kier alpha value is -1.99. The van der Waals surface area contributed by atoms with Crippen LogP contribution in [0.2, 0.25) is 0 Å². The SMILES string of the molecule is O=C(O)CNCC(=O)Nc1nc2ccccc2s1. The number of benzene rings is 1. The average Bonchev–Trinajstić information content (AvgIpc) is 2.70. The van der Waals surface area contributed by atoms with Gasteiger partial charge in [-0.3, -0.25) is 14.9 Å². The van der Waals surface area contributed by atoms with Gasteiger partial charge in [-0.25, -0.2) is 4.98 Å². The zero-order valence-electron chi connectivity index (χ0n) is 9.34. The van der Waals surface area contributed by atoms with E-state index < -0.39 is 5.97 Å². The molecule has 6 nitrogen and oxygen atoms in total. The molecule has 7 heteroatoms. The number of aromatic nitrogens is 1. The summed E-state index contributed by atoms with van der Waals surface area (Å²) in [5, 5.41) is 14.0. The van der Waals surface area contributed by atoms with Crippen LogP contribution in [0.1, 0.15) is 0 Å². The van der Waals surface area contributed by atoms with Crippen LogP contribution in [0.3, 0.4) is 0 Å². The fourth-order valence-electron chi connectivity index (χ4n) is 1.37. The van der Waals surface area contributed by atoms with Gasteiger partial charge in [0.2, 0.25) is 5.91 Å². The molecule has 1 aromatic carbocycles. The zero-order chi connectivity index (χ0) is 13.0. The highest BCUT2D eigenvalue weighted by Crippen LogP contribution is 2.24. The van der Waals surface area contributed by atoms with E-state index in [2.05, 4.69) is 15.6 Å². The number of carbonyl (C=O) groups excluding carboxylic acids is 1. The second kappa shape index (κ2) is 5.56. The average molecular weight is 265 g/mol. The molecule has 0 saturated carbocycles. The lowest BCUT2D eigenvalue weighted by Gasteiger charge is -2.01. The van der Waals surface area contributed by atoms with Crippen molar-refractivity contribution in [2.45, 2.75) is 0 Å². The fourth-order valence-corrected chi connectivity index (χ4v) is 2.25. The molecule has 1 aromatic heterocycles. The number of nitrogens with one attached hydrogen (secondary N) is 2. The highest BCUT2D eigenvalue weighted by atomic mass is 32.1. The summed E-state index contributed by atoms with van der Waals surface area (Å²) in [5.41, 5.74) is 0.830. The van der Waals surface area contributed by atoms with Crippen LogP contribution >= 0.6 is 11.3 Å². The van der Waals surface area contributed by atoms with Gasteiger partial charge >= 0.3 is 5.97 Å². The van der Waals surface area contributed by atoms with Crippen LogP contribution in [0.15, 0.2) is 24.3 Å². The number of carbonyl (C=O) groups is 2. The third-order valence-electron chi connectivity index (χ3n) is 2.10. The standard InChI is InChI=1S/C11H11N3O3S/c15-9(5-12-6-10(16)17)14-11-13-7-3-1-2-4-8(7)18-11/h1-4,12H,5-6H2,(H,16,17)(H,13,14,15). The summed E-state index contributed by atoms with van der Waals surface area (Å²) in [6.45, 7) is -0.296. The molecular weight excluding hydrogens is 254 g/mol. The maximum Gasteiger partial charge on any atom is 0.317 e. The van der Waals surface area contributed by atoms with Crippen LogP contribution in [0.25, 0.3) is 10.2 Å². The Morgan fingerprint density at radius 3 is 2.78 bits per heavy atom. The minimum absolute atomic E-state index is 0.0533. The first kappa shape index (κ1) is 12.5. The number of carboxylic acids is 1. The van der Waals surface area contributed by atoms with Crippen molar-refractivity contribution < 1.29 is 14.7 Å². The number of hydrogen-bond donors (Lipinski definition) is 3. The Kier molecular flexibility index (Phi) is 3.85. The number of rotatable bonds is 5. The van der Waals surface area contributed by atoms with E-state index in [0.29, 0.717) is 5.13 Å². The molecule has 2 aromatic rings. The number of aliphatic carboxylic acids is 1. The number of anilines is 1. The van der Waals surface area contributed by atoms with Gasteiger partial charge in [0, 0.05) is 0 Å². The lowest BCUT2D eigenvalue weighted by atomic mass is 10.3. The monoisotopic (exact) mass is 265 g/mol. The van der Waals surface area contributed by atoms with Gasteiger partial charge in [-0.2, -0.15) is 0 Å². The first-order valence-electron chi connectivity index (χ1n) is 5.23. The molecule has 0 saturated heterocycles. The molecule has 0 unspecified atom stereocenters. The molecule has 18 heavy (non-hydrogen) atoms. The van der Waals surface area contributed by atoms with Gasteiger partial charge in [0.05, 0.1) is 23.3 Å². The van der Waals surface area contributed by atoms with Crippen molar-refractivity contribution in [2.24, 2.45) is 0 Å². The Bertz CT molecular complexity index is 549. The fraction of sp³-hybridized carbons (Fsp3) is 0.182.